The monoisotopic (exact) mass is 312 g/mol. The van der Waals surface area contributed by atoms with Crippen molar-refractivity contribution in [1.29, 1.82) is 0 Å². The quantitative estimate of drug-likeness (QED) is 0.641. The molecule has 1 fully saturated rings. The molecule has 0 spiro atoms. The lowest BCUT2D eigenvalue weighted by atomic mass is 10.2. The minimum atomic E-state index is -0.395. The maximum absolute atomic E-state index is 11.3. The second kappa shape index (κ2) is 6.89. The summed E-state index contributed by atoms with van der Waals surface area (Å²) in [5, 5.41) is 15.1. The first-order valence-electron chi connectivity index (χ1n) is 6.80. The van der Waals surface area contributed by atoms with Crippen LogP contribution in [0.25, 0.3) is 0 Å². The molecule has 0 radical (unpaired) electrons. The molecule has 0 saturated heterocycles. The maximum atomic E-state index is 11.3. The highest BCUT2D eigenvalue weighted by molar-refractivity contribution is 7.99. The van der Waals surface area contributed by atoms with Crippen LogP contribution in [-0.4, -0.2) is 36.7 Å². The number of ether oxygens (including phenoxy) is 2. The molecule has 6 nitrogen and oxygen atoms in total. The molecule has 1 N–H and O–H groups in total. The Hall–Kier alpha value is -1.63. The van der Waals surface area contributed by atoms with Crippen molar-refractivity contribution in [3.63, 3.8) is 0 Å². The van der Waals surface area contributed by atoms with Crippen LogP contribution in [0, 0.1) is 10.1 Å². The normalized spacial score (nSPS) is 21.1. The van der Waals surface area contributed by atoms with Gasteiger partial charge < -0.3 is 14.8 Å². The van der Waals surface area contributed by atoms with Crippen LogP contribution < -0.4 is 14.8 Å². The van der Waals surface area contributed by atoms with E-state index >= 15 is 0 Å². The summed E-state index contributed by atoms with van der Waals surface area (Å²) in [6.45, 7) is 0. The van der Waals surface area contributed by atoms with Crippen LogP contribution in [0.2, 0.25) is 0 Å². The van der Waals surface area contributed by atoms with Gasteiger partial charge >= 0.3 is 0 Å². The molecule has 1 aliphatic rings. The highest BCUT2D eigenvalue weighted by Gasteiger charge is 2.29. The number of benzene rings is 1. The molecule has 116 valence electrons. The van der Waals surface area contributed by atoms with Gasteiger partial charge in [0.1, 0.15) is 5.69 Å². The fourth-order valence-corrected chi connectivity index (χ4v) is 3.64. The van der Waals surface area contributed by atoms with Crippen molar-refractivity contribution in [2.45, 2.75) is 30.6 Å². The molecule has 1 aliphatic carbocycles. The van der Waals surface area contributed by atoms with Gasteiger partial charge in [-0.25, -0.2) is 0 Å². The highest BCUT2D eigenvalue weighted by atomic mass is 32.2. The standard InChI is InChI=1S/C14H20N2O4S/c1-19-12-7-10(11(16(17)18)8-13(12)20-2)15-9-5-4-6-14(9)21-3/h7-9,14-15H,4-6H2,1-3H3. The lowest BCUT2D eigenvalue weighted by Crippen LogP contribution is -2.26. The Morgan fingerprint density at radius 3 is 2.52 bits per heavy atom. The molecule has 7 heteroatoms. The van der Waals surface area contributed by atoms with Gasteiger partial charge in [-0.3, -0.25) is 10.1 Å². The third-order valence-corrected chi connectivity index (χ3v) is 4.96. The third kappa shape index (κ3) is 3.34. The minimum Gasteiger partial charge on any atom is -0.493 e. The zero-order valence-corrected chi connectivity index (χ0v) is 13.2. The van der Waals surface area contributed by atoms with E-state index in [9.17, 15) is 10.1 Å². The fraction of sp³-hybridized carbons (Fsp3) is 0.571. The molecule has 0 amide bonds. The summed E-state index contributed by atoms with van der Waals surface area (Å²) in [4.78, 5) is 10.9. The molecule has 1 aromatic rings. The summed E-state index contributed by atoms with van der Waals surface area (Å²) in [6, 6.07) is 3.30. The molecule has 2 atom stereocenters. The number of thioether (sulfide) groups is 1. The molecule has 0 bridgehead atoms. The Morgan fingerprint density at radius 1 is 1.29 bits per heavy atom. The zero-order chi connectivity index (χ0) is 15.4. The van der Waals surface area contributed by atoms with E-state index in [1.165, 1.54) is 20.3 Å². The van der Waals surface area contributed by atoms with Crippen LogP contribution in [0.3, 0.4) is 0 Å². The van der Waals surface area contributed by atoms with Crippen molar-refractivity contribution in [2.75, 3.05) is 25.8 Å². The number of nitrogens with one attached hydrogen (secondary N) is 1. The topological polar surface area (TPSA) is 73.6 Å². The van der Waals surface area contributed by atoms with Crippen molar-refractivity contribution in [2.24, 2.45) is 0 Å². The summed E-state index contributed by atoms with van der Waals surface area (Å²) in [6.07, 6.45) is 5.38. The van der Waals surface area contributed by atoms with Gasteiger partial charge in [0, 0.05) is 17.4 Å². The Morgan fingerprint density at radius 2 is 1.95 bits per heavy atom. The van der Waals surface area contributed by atoms with Crippen molar-refractivity contribution >= 4 is 23.1 Å². The van der Waals surface area contributed by atoms with Gasteiger partial charge in [-0.2, -0.15) is 11.8 Å². The van der Waals surface area contributed by atoms with Crippen LogP contribution in [0.15, 0.2) is 12.1 Å². The smallest absolute Gasteiger partial charge is 0.296 e. The SMILES string of the molecule is COc1cc(NC2CCCC2SC)c([N+](=O)[O-])cc1OC. The Labute approximate surface area is 128 Å². The number of nitro benzene ring substituents is 1. The van der Waals surface area contributed by atoms with E-state index in [1.54, 1.807) is 17.8 Å². The van der Waals surface area contributed by atoms with E-state index in [4.69, 9.17) is 9.47 Å². The number of hydrogen-bond donors (Lipinski definition) is 1. The van der Waals surface area contributed by atoms with E-state index in [-0.39, 0.29) is 11.7 Å². The second-order valence-electron chi connectivity index (χ2n) is 4.94. The number of rotatable bonds is 6. The largest absolute Gasteiger partial charge is 0.493 e. The molecule has 1 saturated carbocycles. The van der Waals surface area contributed by atoms with Crippen molar-refractivity contribution in [1.82, 2.24) is 0 Å². The lowest BCUT2D eigenvalue weighted by molar-refractivity contribution is -0.384. The van der Waals surface area contributed by atoms with Crippen molar-refractivity contribution in [3.8, 4) is 11.5 Å². The molecular weight excluding hydrogens is 292 g/mol. The average Bonchev–Trinajstić information content (AvgIpc) is 2.93. The highest BCUT2D eigenvalue weighted by Crippen LogP contribution is 2.40. The van der Waals surface area contributed by atoms with E-state index in [2.05, 4.69) is 11.6 Å². The van der Waals surface area contributed by atoms with Gasteiger partial charge in [-0.15, -0.1) is 0 Å². The molecule has 0 aromatic heterocycles. The Kier molecular flexibility index (Phi) is 5.17. The Balaban J connectivity index is 2.34. The van der Waals surface area contributed by atoms with Crippen LogP contribution >= 0.6 is 11.8 Å². The zero-order valence-electron chi connectivity index (χ0n) is 12.4. The number of hydrogen-bond acceptors (Lipinski definition) is 6. The van der Waals surface area contributed by atoms with Crippen LogP contribution in [0.4, 0.5) is 11.4 Å². The molecule has 0 aliphatic heterocycles. The molecule has 21 heavy (non-hydrogen) atoms. The van der Waals surface area contributed by atoms with Crippen LogP contribution in [-0.2, 0) is 0 Å². The molecule has 1 aromatic carbocycles. The van der Waals surface area contributed by atoms with Gasteiger partial charge in [0.2, 0.25) is 0 Å². The van der Waals surface area contributed by atoms with E-state index < -0.39 is 4.92 Å². The molecular formula is C14H20N2O4S. The first kappa shape index (κ1) is 15.8. The fourth-order valence-electron chi connectivity index (χ4n) is 2.71. The average molecular weight is 312 g/mol. The number of methoxy groups -OCH3 is 2. The van der Waals surface area contributed by atoms with Crippen molar-refractivity contribution < 1.29 is 14.4 Å². The molecule has 0 heterocycles. The summed E-state index contributed by atoms with van der Waals surface area (Å²) in [7, 11) is 2.99. The Bertz CT molecular complexity index is 524. The van der Waals surface area contributed by atoms with Gasteiger partial charge in [0.05, 0.1) is 25.2 Å². The van der Waals surface area contributed by atoms with Gasteiger partial charge in [0.15, 0.2) is 11.5 Å². The minimum absolute atomic E-state index is 0.0133. The summed E-state index contributed by atoms with van der Waals surface area (Å²) < 4.78 is 10.4. The third-order valence-electron chi connectivity index (χ3n) is 3.79. The number of anilines is 1. The van der Waals surface area contributed by atoms with Gasteiger partial charge in [-0.05, 0) is 19.1 Å². The van der Waals surface area contributed by atoms with Gasteiger partial charge in [-0.1, -0.05) is 6.42 Å². The summed E-state index contributed by atoms with van der Waals surface area (Å²) in [5.41, 5.74) is 0.503. The first-order chi connectivity index (χ1) is 10.1. The second-order valence-corrected chi connectivity index (χ2v) is 6.01. The first-order valence-corrected chi connectivity index (χ1v) is 8.09. The molecule has 2 unspecified atom stereocenters. The number of nitro groups is 1. The van der Waals surface area contributed by atoms with Crippen LogP contribution in [0.1, 0.15) is 19.3 Å². The summed E-state index contributed by atoms with van der Waals surface area (Å²) in [5.74, 6) is 0.854. The number of nitrogens with zero attached hydrogens (tertiary/aromatic N) is 1. The van der Waals surface area contributed by atoms with E-state index in [0.29, 0.717) is 22.4 Å². The summed E-state index contributed by atoms with van der Waals surface area (Å²) >= 11 is 1.80. The van der Waals surface area contributed by atoms with E-state index in [1.807, 2.05) is 0 Å². The predicted molar refractivity (Wildman–Crippen MR) is 84.8 cm³/mol. The molecule has 2 rings (SSSR count). The predicted octanol–water partition coefficient (Wildman–Crippen LogP) is 3.31. The van der Waals surface area contributed by atoms with Crippen molar-refractivity contribution in [3.05, 3.63) is 22.2 Å². The lowest BCUT2D eigenvalue weighted by Gasteiger charge is -2.21. The van der Waals surface area contributed by atoms with E-state index in [0.717, 1.165) is 19.3 Å². The van der Waals surface area contributed by atoms with Gasteiger partial charge in [0.25, 0.3) is 5.69 Å². The maximum Gasteiger partial charge on any atom is 0.296 e. The van der Waals surface area contributed by atoms with Crippen LogP contribution in [0.5, 0.6) is 11.5 Å².